The number of fused-ring (bicyclic) bond motifs is 3. The van der Waals surface area contributed by atoms with Crippen LogP contribution in [0, 0.1) is 0 Å². The molecule has 0 fully saturated rings. The van der Waals surface area contributed by atoms with Crippen molar-refractivity contribution in [2.45, 2.75) is 30.7 Å². The molecule has 1 aromatic carbocycles. The number of carbonyl (C=O) groups is 1. The molecule has 1 N–H and O–H groups in total. The number of hydrogen-bond acceptors (Lipinski definition) is 6. The molecule has 0 saturated carbocycles. The molecule has 0 unspecified atom stereocenters. The van der Waals surface area contributed by atoms with Crippen molar-refractivity contribution in [2.75, 3.05) is 5.75 Å². The molecule has 1 aliphatic rings. The maximum atomic E-state index is 12.1. The molecular weight excluding hydrogens is 400 g/mol. The van der Waals surface area contributed by atoms with Crippen molar-refractivity contribution in [2.24, 2.45) is 5.10 Å². The summed E-state index contributed by atoms with van der Waals surface area (Å²) in [5.74, 6) is 0.0653. The summed E-state index contributed by atoms with van der Waals surface area (Å²) in [4.78, 5) is 23.4. The summed E-state index contributed by atoms with van der Waals surface area (Å²) in [7, 11) is 0. The van der Waals surface area contributed by atoms with Gasteiger partial charge in [-0.3, -0.25) is 4.79 Å². The maximum absolute atomic E-state index is 12.1. The highest BCUT2D eigenvalue weighted by molar-refractivity contribution is 8.00. The quantitative estimate of drug-likeness (QED) is 0.288. The molecule has 0 bridgehead atoms. The summed E-state index contributed by atoms with van der Waals surface area (Å²) in [6.45, 7) is 0. The zero-order valence-electron chi connectivity index (χ0n) is 14.4. The topological polar surface area (TPSA) is 67.2 Å². The number of benzene rings is 1. The lowest BCUT2D eigenvalue weighted by molar-refractivity contribution is -0.118. The monoisotopic (exact) mass is 416 g/mol. The molecule has 0 aliphatic heterocycles. The highest BCUT2D eigenvalue weighted by Gasteiger charge is 2.20. The predicted molar refractivity (Wildman–Crippen MR) is 112 cm³/mol. The molecule has 1 amide bonds. The van der Waals surface area contributed by atoms with Gasteiger partial charge in [-0.1, -0.05) is 41.6 Å². The molecular formula is C19H17ClN4OS2. The van der Waals surface area contributed by atoms with Gasteiger partial charge in [0.2, 0.25) is 5.91 Å². The number of amides is 1. The number of hydrogen-bond donors (Lipinski definition) is 1. The summed E-state index contributed by atoms with van der Waals surface area (Å²) in [6, 6.07) is 7.33. The Hall–Kier alpha value is -1.96. The Bertz CT molecular complexity index is 1020. The number of thiophene rings is 1. The largest absolute Gasteiger partial charge is 0.272 e. The van der Waals surface area contributed by atoms with Gasteiger partial charge in [0.15, 0.2) is 0 Å². The second kappa shape index (κ2) is 8.37. The Morgan fingerprint density at radius 2 is 2.15 bits per heavy atom. The average molecular weight is 417 g/mol. The van der Waals surface area contributed by atoms with Gasteiger partial charge in [-0.15, -0.1) is 11.3 Å². The minimum Gasteiger partial charge on any atom is -0.272 e. The van der Waals surface area contributed by atoms with E-state index in [4.69, 9.17) is 11.6 Å². The van der Waals surface area contributed by atoms with Gasteiger partial charge >= 0.3 is 0 Å². The summed E-state index contributed by atoms with van der Waals surface area (Å²) >= 11 is 9.25. The molecule has 2 aromatic heterocycles. The molecule has 0 saturated heterocycles. The SMILES string of the molecule is O=C(CSc1ncnc2sc3c(c12)CCCC3)N/N=C\c1ccccc1Cl. The van der Waals surface area contributed by atoms with Crippen molar-refractivity contribution < 1.29 is 4.79 Å². The fraction of sp³-hybridized carbons (Fsp3) is 0.263. The summed E-state index contributed by atoms with van der Waals surface area (Å²) in [5, 5.41) is 6.59. The lowest BCUT2D eigenvalue weighted by atomic mass is 9.97. The first-order chi connectivity index (χ1) is 13.2. The lowest BCUT2D eigenvalue weighted by Crippen LogP contribution is -2.19. The second-order valence-electron chi connectivity index (χ2n) is 6.17. The molecule has 0 atom stereocenters. The van der Waals surface area contributed by atoms with Crippen LogP contribution < -0.4 is 5.43 Å². The molecule has 4 rings (SSSR count). The number of aryl methyl sites for hydroxylation is 2. The number of nitrogens with zero attached hydrogens (tertiary/aromatic N) is 3. The number of carbonyl (C=O) groups excluding carboxylic acids is 1. The van der Waals surface area contributed by atoms with E-state index in [0.717, 1.165) is 33.6 Å². The minimum absolute atomic E-state index is 0.181. The third-order valence-corrected chi connectivity index (χ3v) is 6.89. The molecule has 0 spiro atoms. The predicted octanol–water partition coefficient (Wildman–Crippen LogP) is 4.47. The normalized spacial score (nSPS) is 13.8. The molecule has 3 aromatic rings. The van der Waals surface area contributed by atoms with Gasteiger partial charge in [-0.25, -0.2) is 15.4 Å². The van der Waals surface area contributed by atoms with Crippen LogP contribution in [0.5, 0.6) is 0 Å². The van der Waals surface area contributed by atoms with Crippen LogP contribution in [0.15, 0.2) is 40.7 Å². The van der Waals surface area contributed by atoms with Crippen LogP contribution in [0.25, 0.3) is 10.2 Å². The van der Waals surface area contributed by atoms with Crippen molar-refractivity contribution in [1.29, 1.82) is 0 Å². The van der Waals surface area contributed by atoms with Gasteiger partial charge in [0.1, 0.15) is 16.2 Å². The van der Waals surface area contributed by atoms with Crippen LogP contribution in [0.2, 0.25) is 5.02 Å². The number of halogens is 1. The van der Waals surface area contributed by atoms with E-state index in [1.807, 2.05) is 18.2 Å². The van der Waals surface area contributed by atoms with Crippen LogP contribution in [-0.4, -0.2) is 27.8 Å². The van der Waals surface area contributed by atoms with Gasteiger partial charge in [0, 0.05) is 20.8 Å². The average Bonchev–Trinajstić information content (AvgIpc) is 3.07. The maximum Gasteiger partial charge on any atom is 0.250 e. The van der Waals surface area contributed by atoms with Crippen molar-refractivity contribution in [3.8, 4) is 0 Å². The van der Waals surface area contributed by atoms with Crippen molar-refractivity contribution >= 4 is 57.0 Å². The minimum atomic E-state index is -0.181. The third-order valence-electron chi connectivity index (χ3n) is 4.35. The molecule has 27 heavy (non-hydrogen) atoms. The van der Waals surface area contributed by atoms with Crippen LogP contribution >= 0.6 is 34.7 Å². The fourth-order valence-electron chi connectivity index (χ4n) is 3.09. The summed E-state index contributed by atoms with van der Waals surface area (Å²) in [6.07, 6.45) is 7.77. The van der Waals surface area contributed by atoms with Gasteiger partial charge in [0.05, 0.1) is 12.0 Å². The fourth-order valence-corrected chi connectivity index (χ4v) is 5.39. The van der Waals surface area contributed by atoms with Crippen molar-refractivity contribution in [1.82, 2.24) is 15.4 Å². The smallest absolute Gasteiger partial charge is 0.250 e. The highest BCUT2D eigenvalue weighted by atomic mass is 35.5. The van der Waals surface area contributed by atoms with Crippen LogP contribution in [-0.2, 0) is 17.6 Å². The standard InChI is InChI=1S/C19H17ClN4OS2/c20-14-7-3-1-5-12(14)9-23-24-16(25)10-26-18-17-13-6-2-4-8-15(13)27-19(17)22-11-21-18/h1,3,5,7,9,11H,2,4,6,8,10H2,(H,24,25)/b23-9-. The molecule has 5 nitrogen and oxygen atoms in total. The van der Waals surface area contributed by atoms with E-state index < -0.39 is 0 Å². The van der Waals surface area contributed by atoms with E-state index in [2.05, 4.69) is 20.5 Å². The Morgan fingerprint density at radius 3 is 3.04 bits per heavy atom. The number of hydrazone groups is 1. The number of rotatable bonds is 5. The third kappa shape index (κ3) is 4.15. The molecule has 0 radical (unpaired) electrons. The van der Waals surface area contributed by atoms with E-state index in [-0.39, 0.29) is 11.7 Å². The van der Waals surface area contributed by atoms with Crippen molar-refractivity contribution in [3.05, 3.63) is 51.6 Å². The van der Waals surface area contributed by atoms with Gasteiger partial charge < -0.3 is 0 Å². The van der Waals surface area contributed by atoms with Crippen molar-refractivity contribution in [3.63, 3.8) is 0 Å². The zero-order valence-corrected chi connectivity index (χ0v) is 16.8. The van der Waals surface area contributed by atoms with Gasteiger partial charge in [-0.05, 0) is 37.3 Å². The first-order valence-corrected chi connectivity index (χ1v) is 10.8. The second-order valence-corrected chi connectivity index (χ2v) is 8.63. The Kier molecular flexibility index (Phi) is 5.71. The summed E-state index contributed by atoms with van der Waals surface area (Å²) in [5.41, 5.74) is 4.68. The Morgan fingerprint density at radius 1 is 1.30 bits per heavy atom. The van der Waals surface area contributed by atoms with Gasteiger partial charge in [0.25, 0.3) is 0 Å². The van der Waals surface area contributed by atoms with E-state index in [1.165, 1.54) is 35.0 Å². The Labute approximate surface area is 170 Å². The van der Waals surface area contributed by atoms with E-state index in [9.17, 15) is 4.79 Å². The van der Waals surface area contributed by atoms with E-state index >= 15 is 0 Å². The first kappa shape index (κ1) is 18.4. The number of thioether (sulfide) groups is 1. The number of aromatic nitrogens is 2. The van der Waals surface area contributed by atoms with E-state index in [1.54, 1.807) is 29.9 Å². The lowest BCUT2D eigenvalue weighted by Gasteiger charge is -2.11. The number of nitrogens with one attached hydrogen (secondary N) is 1. The van der Waals surface area contributed by atoms with Gasteiger partial charge in [-0.2, -0.15) is 5.10 Å². The van der Waals surface area contributed by atoms with E-state index in [0.29, 0.717) is 5.02 Å². The highest BCUT2D eigenvalue weighted by Crippen LogP contribution is 2.39. The molecule has 1 aliphatic carbocycles. The first-order valence-electron chi connectivity index (χ1n) is 8.67. The molecule has 8 heteroatoms. The molecule has 2 heterocycles. The van der Waals surface area contributed by atoms with Crippen LogP contribution in [0.1, 0.15) is 28.8 Å². The molecule has 138 valence electrons. The Balaban J connectivity index is 1.42. The summed E-state index contributed by atoms with van der Waals surface area (Å²) < 4.78 is 0. The van der Waals surface area contributed by atoms with Crippen LogP contribution in [0.3, 0.4) is 0 Å². The zero-order chi connectivity index (χ0) is 18.6. The van der Waals surface area contributed by atoms with Crippen LogP contribution in [0.4, 0.5) is 0 Å².